The Kier molecular flexibility index (Phi) is 8.63. The molecular formula is C33H39N5O2. The molecule has 0 unspecified atom stereocenters. The maximum atomic E-state index is 13.4. The maximum absolute atomic E-state index is 13.4. The molecule has 40 heavy (non-hydrogen) atoms. The lowest BCUT2D eigenvalue weighted by Crippen LogP contribution is -2.43. The number of carbonyl (C=O) groups excluding carboxylic acids is 2. The molecule has 7 nitrogen and oxygen atoms in total. The lowest BCUT2D eigenvalue weighted by atomic mass is 9.98. The van der Waals surface area contributed by atoms with Gasteiger partial charge in [-0.1, -0.05) is 55.8 Å². The average Bonchev–Trinajstić information content (AvgIpc) is 3.31. The number of amides is 2. The van der Waals surface area contributed by atoms with Gasteiger partial charge >= 0.3 is 0 Å². The normalized spacial score (nSPS) is 16.8. The van der Waals surface area contributed by atoms with Crippen LogP contribution in [0.4, 0.5) is 11.4 Å². The third-order valence-electron chi connectivity index (χ3n) is 7.74. The standard InChI is InChI=1S/C33H39N5O2/c1-4-5-17-37(3)33(40)26-13-16-29-28(22-26)30(32(39)35-29)31(25-9-7-6-8-10-25)34-27-14-11-24(12-15-27)23-38-20-18-36(2)19-21-38/h6-16,22,34H,4-5,17-21,23H2,1-3H3,(H,35,39)/b31-30-. The summed E-state index contributed by atoms with van der Waals surface area (Å²) in [5.74, 6) is -0.225. The zero-order valence-electron chi connectivity index (χ0n) is 23.7. The minimum atomic E-state index is -0.183. The molecule has 0 saturated carbocycles. The van der Waals surface area contributed by atoms with Gasteiger partial charge in [0.05, 0.1) is 11.3 Å². The highest BCUT2D eigenvalue weighted by Gasteiger charge is 2.30. The van der Waals surface area contributed by atoms with Crippen LogP contribution in [0.2, 0.25) is 0 Å². The lowest BCUT2D eigenvalue weighted by Gasteiger charge is -2.32. The molecule has 1 fully saturated rings. The number of fused-ring (bicyclic) bond motifs is 1. The van der Waals surface area contributed by atoms with Crippen molar-refractivity contribution in [3.63, 3.8) is 0 Å². The molecule has 0 aromatic heterocycles. The summed E-state index contributed by atoms with van der Waals surface area (Å²) in [6.45, 7) is 8.09. The van der Waals surface area contributed by atoms with Crippen LogP contribution in [0.1, 0.15) is 46.8 Å². The molecule has 2 aliphatic rings. The number of anilines is 2. The molecular weight excluding hydrogens is 498 g/mol. The molecule has 208 valence electrons. The minimum absolute atomic E-state index is 0.0416. The van der Waals surface area contributed by atoms with E-state index >= 15 is 0 Å². The van der Waals surface area contributed by atoms with Gasteiger partial charge in [0.15, 0.2) is 0 Å². The first-order valence-electron chi connectivity index (χ1n) is 14.2. The van der Waals surface area contributed by atoms with E-state index in [4.69, 9.17) is 0 Å². The van der Waals surface area contributed by atoms with Crippen LogP contribution in [-0.4, -0.2) is 73.3 Å². The predicted molar refractivity (Wildman–Crippen MR) is 163 cm³/mol. The van der Waals surface area contributed by atoms with Gasteiger partial charge in [-0.15, -0.1) is 0 Å². The molecule has 2 aliphatic heterocycles. The second-order valence-corrected chi connectivity index (χ2v) is 10.8. The van der Waals surface area contributed by atoms with E-state index in [1.165, 1.54) is 5.56 Å². The van der Waals surface area contributed by atoms with Gasteiger partial charge in [0.1, 0.15) is 0 Å². The molecule has 3 aromatic rings. The highest BCUT2D eigenvalue weighted by atomic mass is 16.2. The largest absolute Gasteiger partial charge is 0.354 e. The zero-order valence-corrected chi connectivity index (χ0v) is 23.7. The van der Waals surface area contributed by atoms with Crippen molar-refractivity contribution in [3.05, 3.63) is 95.1 Å². The van der Waals surface area contributed by atoms with E-state index in [0.717, 1.165) is 62.4 Å². The van der Waals surface area contributed by atoms with Crippen LogP contribution in [-0.2, 0) is 11.3 Å². The lowest BCUT2D eigenvalue weighted by molar-refractivity contribution is -0.110. The van der Waals surface area contributed by atoms with Crippen molar-refractivity contribution in [1.29, 1.82) is 0 Å². The molecule has 0 bridgehead atoms. The number of nitrogens with zero attached hydrogens (tertiary/aromatic N) is 3. The Morgan fingerprint density at radius 2 is 1.68 bits per heavy atom. The Bertz CT molecular complexity index is 1380. The van der Waals surface area contributed by atoms with Gasteiger partial charge in [-0.05, 0) is 54.9 Å². The van der Waals surface area contributed by atoms with Crippen LogP contribution < -0.4 is 10.6 Å². The summed E-state index contributed by atoms with van der Waals surface area (Å²) in [4.78, 5) is 33.1. The number of piperazine rings is 1. The van der Waals surface area contributed by atoms with Gasteiger partial charge in [0, 0.05) is 68.8 Å². The molecule has 1 saturated heterocycles. The molecule has 0 radical (unpaired) electrons. The highest BCUT2D eigenvalue weighted by Crippen LogP contribution is 2.38. The number of unbranched alkanes of at least 4 members (excludes halogenated alkanes) is 1. The Morgan fingerprint density at radius 3 is 2.38 bits per heavy atom. The van der Waals surface area contributed by atoms with Gasteiger partial charge in [-0.25, -0.2) is 0 Å². The van der Waals surface area contributed by atoms with Crippen molar-refractivity contribution in [2.45, 2.75) is 26.3 Å². The molecule has 0 spiro atoms. The molecule has 3 aromatic carbocycles. The summed E-state index contributed by atoms with van der Waals surface area (Å²) in [5.41, 5.74) is 6.35. The number of nitrogens with one attached hydrogen (secondary N) is 2. The summed E-state index contributed by atoms with van der Waals surface area (Å²) < 4.78 is 0. The number of likely N-dealkylation sites (N-methyl/N-ethyl adjacent to an activating group) is 1. The minimum Gasteiger partial charge on any atom is -0.354 e. The number of rotatable bonds is 9. The SMILES string of the molecule is CCCCN(C)C(=O)c1ccc2c(c1)/C(=C(/Nc1ccc(CN3CCN(C)CC3)cc1)c1ccccc1)C(=O)N2. The highest BCUT2D eigenvalue weighted by molar-refractivity contribution is 6.37. The van der Waals surface area contributed by atoms with E-state index in [1.54, 1.807) is 11.0 Å². The number of hydrogen-bond acceptors (Lipinski definition) is 5. The Hall–Kier alpha value is -3.94. The summed E-state index contributed by atoms with van der Waals surface area (Å²) in [5, 5.41) is 6.55. The van der Waals surface area contributed by atoms with E-state index in [9.17, 15) is 9.59 Å². The summed E-state index contributed by atoms with van der Waals surface area (Å²) in [7, 11) is 4.00. The van der Waals surface area contributed by atoms with E-state index in [0.29, 0.717) is 29.1 Å². The predicted octanol–water partition coefficient (Wildman–Crippen LogP) is 5.24. The van der Waals surface area contributed by atoms with Crippen molar-refractivity contribution in [1.82, 2.24) is 14.7 Å². The second-order valence-electron chi connectivity index (χ2n) is 10.8. The topological polar surface area (TPSA) is 67.9 Å². The van der Waals surface area contributed by atoms with Crippen LogP contribution in [0.5, 0.6) is 0 Å². The van der Waals surface area contributed by atoms with E-state index in [2.05, 4.69) is 58.7 Å². The van der Waals surface area contributed by atoms with Gasteiger partial charge < -0.3 is 20.4 Å². The van der Waals surface area contributed by atoms with Gasteiger partial charge in [0.25, 0.3) is 11.8 Å². The molecule has 0 aliphatic carbocycles. The average molecular weight is 538 g/mol. The van der Waals surface area contributed by atoms with Crippen LogP contribution >= 0.6 is 0 Å². The quantitative estimate of drug-likeness (QED) is 0.366. The third kappa shape index (κ3) is 6.27. The number of hydrogen-bond donors (Lipinski definition) is 2. The van der Waals surface area contributed by atoms with Crippen molar-refractivity contribution in [2.24, 2.45) is 0 Å². The van der Waals surface area contributed by atoms with Crippen LogP contribution in [0.25, 0.3) is 11.3 Å². The third-order valence-corrected chi connectivity index (χ3v) is 7.74. The van der Waals surface area contributed by atoms with Gasteiger partial charge in [-0.2, -0.15) is 0 Å². The second kappa shape index (κ2) is 12.5. The van der Waals surface area contributed by atoms with Crippen molar-refractivity contribution < 1.29 is 9.59 Å². The van der Waals surface area contributed by atoms with Crippen LogP contribution in [0, 0.1) is 0 Å². The van der Waals surface area contributed by atoms with Crippen LogP contribution in [0.15, 0.2) is 72.8 Å². The van der Waals surface area contributed by atoms with Gasteiger partial charge in [0.2, 0.25) is 0 Å². The summed E-state index contributed by atoms with van der Waals surface area (Å²) in [6.07, 6.45) is 1.98. The maximum Gasteiger partial charge on any atom is 0.258 e. The smallest absolute Gasteiger partial charge is 0.258 e. The fraction of sp³-hybridized carbons (Fsp3) is 0.333. The number of carbonyl (C=O) groups is 2. The molecule has 5 rings (SSSR count). The molecule has 2 amide bonds. The zero-order chi connectivity index (χ0) is 28.1. The number of benzene rings is 3. The summed E-state index contributed by atoms with van der Waals surface area (Å²) in [6, 6.07) is 23.8. The molecule has 2 heterocycles. The molecule has 2 N–H and O–H groups in total. The first-order valence-corrected chi connectivity index (χ1v) is 14.2. The summed E-state index contributed by atoms with van der Waals surface area (Å²) >= 11 is 0. The Labute approximate surface area is 237 Å². The monoisotopic (exact) mass is 537 g/mol. The van der Waals surface area contributed by atoms with Crippen molar-refractivity contribution >= 4 is 34.5 Å². The fourth-order valence-electron chi connectivity index (χ4n) is 5.25. The Morgan fingerprint density at radius 1 is 0.950 bits per heavy atom. The van der Waals surface area contributed by atoms with Crippen LogP contribution in [0.3, 0.4) is 0 Å². The van der Waals surface area contributed by atoms with Crippen molar-refractivity contribution in [3.8, 4) is 0 Å². The van der Waals surface area contributed by atoms with E-state index in [1.807, 2.05) is 49.5 Å². The fourth-order valence-corrected chi connectivity index (χ4v) is 5.25. The first kappa shape index (κ1) is 27.6. The molecule has 7 heteroatoms. The molecule has 0 atom stereocenters. The van der Waals surface area contributed by atoms with E-state index in [-0.39, 0.29) is 11.8 Å². The first-order chi connectivity index (χ1) is 19.4. The van der Waals surface area contributed by atoms with E-state index < -0.39 is 0 Å². The van der Waals surface area contributed by atoms with Crippen molar-refractivity contribution in [2.75, 3.05) is 57.5 Å². The Balaban J connectivity index is 1.45. The van der Waals surface area contributed by atoms with Gasteiger partial charge in [-0.3, -0.25) is 14.5 Å².